The Morgan fingerprint density at radius 1 is 0.955 bits per heavy atom. The third-order valence-electron chi connectivity index (χ3n) is 7.35. The molecule has 0 unspecified atom stereocenters. The summed E-state index contributed by atoms with van der Waals surface area (Å²) in [5.74, 6) is -0.461. The normalized spacial score (nSPS) is 14.6. The molecule has 0 bridgehead atoms. The van der Waals surface area contributed by atoms with Gasteiger partial charge in [0.25, 0.3) is 0 Å². The quantitative estimate of drug-likeness (QED) is 0.223. The van der Waals surface area contributed by atoms with Gasteiger partial charge in [-0.2, -0.15) is 5.10 Å². The van der Waals surface area contributed by atoms with Crippen LogP contribution in [0.1, 0.15) is 21.9 Å². The molecule has 0 aliphatic carbocycles. The van der Waals surface area contributed by atoms with Crippen molar-refractivity contribution in [2.24, 2.45) is 0 Å². The average Bonchev–Trinajstić information content (AvgIpc) is 3.38. The van der Waals surface area contributed by atoms with E-state index < -0.39 is 17.0 Å². The first-order valence-corrected chi connectivity index (χ1v) is 15.0. The van der Waals surface area contributed by atoms with Crippen LogP contribution in [0.2, 0.25) is 0 Å². The molecule has 10 heteroatoms. The number of fused-ring (bicyclic) bond motifs is 1. The number of carbonyl (C=O) groups is 2. The van der Waals surface area contributed by atoms with Gasteiger partial charge in [-0.15, -0.1) is 11.8 Å². The monoisotopic (exact) mass is 610 g/mol. The van der Waals surface area contributed by atoms with Gasteiger partial charge in [0.05, 0.1) is 29.5 Å². The zero-order valence-corrected chi connectivity index (χ0v) is 24.6. The highest BCUT2D eigenvalue weighted by Crippen LogP contribution is 2.49. The molecule has 0 saturated heterocycles. The van der Waals surface area contributed by atoms with Crippen LogP contribution in [0.3, 0.4) is 0 Å². The Kier molecular flexibility index (Phi) is 8.42. The summed E-state index contributed by atoms with van der Waals surface area (Å²) < 4.78 is 35.8. The molecule has 0 saturated carbocycles. The van der Waals surface area contributed by atoms with Crippen molar-refractivity contribution in [3.63, 3.8) is 0 Å². The highest BCUT2D eigenvalue weighted by Gasteiger charge is 2.38. The Labute approximate surface area is 257 Å². The zero-order valence-electron chi connectivity index (χ0n) is 23.7. The number of aromatic nitrogens is 2. The standard InChI is InChI=1S/C34H28F2N4O3S/c1-43-26-17-15-25(16-18-26)40-34-31(32(38-40)23-7-3-2-4-8-23)33(27-9-5-6-10-28(27)36)44-21-30(42)39(34)20-29(41)37-19-22-11-13-24(35)14-12-22/h2-18,33H,19-21H2,1H3,(H,37,41)/t33-/m1/s1. The molecule has 1 aliphatic heterocycles. The van der Waals surface area contributed by atoms with Crippen molar-refractivity contribution in [2.45, 2.75) is 11.8 Å². The van der Waals surface area contributed by atoms with Gasteiger partial charge in [0.1, 0.15) is 29.7 Å². The lowest BCUT2D eigenvalue weighted by atomic mass is 9.99. The van der Waals surface area contributed by atoms with Crippen molar-refractivity contribution in [1.82, 2.24) is 15.1 Å². The van der Waals surface area contributed by atoms with Gasteiger partial charge in [0, 0.05) is 23.2 Å². The van der Waals surface area contributed by atoms with E-state index in [2.05, 4.69) is 5.32 Å². The summed E-state index contributed by atoms with van der Waals surface area (Å²) in [6, 6.07) is 29.0. The van der Waals surface area contributed by atoms with E-state index >= 15 is 4.39 Å². The molecular formula is C34H28F2N4O3S. The second-order valence-corrected chi connectivity index (χ2v) is 11.3. The van der Waals surface area contributed by atoms with E-state index in [4.69, 9.17) is 9.84 Å². The van der Waals surface area contributed by atoms with Gasteiger partial charge in [0.2, 0.25) is 11.8 Å². The first-order valence-electron chi connectivity index (χ1n) is 13.9. The molecule has 1 N–H and O–H groups in total. The van der Waals surface area contributed by atoms with Gasteiger partial charge in [-0.3, -0.25) is 14.5 Å². The number of rotatable bonds is 8. The maximum absolute atomic E-state index is 15.4. The Morgan fingerprint density at radius 2 is 1.66 bits per heavy atom. The number of hydrogen-bond acceptors (Lipinski definition) is 5. The molecule has 44 heavy (non-hydrogen) atoms. The number of carbonyl (C=O) groups excluding carboxylic acids is 2. The molecule has 0 radical (unpaired) electrons. The number of thioether (sulfide) groups is 1. The van der Waals surface area contributed by atoms with Crippen LogP contribution >= 0.6 is 11.8 Å². The number of nitrogens with one attached hydrogen (secondary N) is 1. The minimum atomic E-state index is -0.593. The number of hydrogen-bond donors (Lipinski definition) is 1. The third kappa shape index (κ3) is 5.93. The molecule has 0 fully saturated rings. The van der Waals surface area contributed by atoms with E-state index in [1.165, 1.54) is 34.9 Å². The maximum atomic E-state index is 15.4. The number of anilines is 1. The third-order valence-corrected chi connectivity index (χ3v) is 8.58. The van der Waals surface area contributed by atoms with Gasteiger partial charge in [-0.05, 0) is 48.0 Å². The van der Waals surface area contributed by atoms with Crippen molar-refractivity contribution in [3.8, 4) is 22.7 Å². The Balaban J connectivity index is 1.50. The highest BCUT2D eigenvalue weighted by atomic mass is 32.2. The van der Waals surface area contributed by atoms with Crippen LogP contribution in [0, 0.1) is 11.6 Å². The van der Waals surface area contributed by atoms with Crippen LogP contribution in [0.25, 0.3) is 16.9 Å². The smallest absolute Gasteiger partial charge is 0.240 e. The van der Waals surface area contributed by atoms with Gasteiger partial charge in [0.15, 0.2) is 0 Å². The Morgan fingerprint density at radius 3 is 2.36 bits per heavy atom. The van der Waals surface area contributed by atoms with Crippen molar-refractivity contribution in [1.29, 1.82) is 0 Å². The molecule has 5 aromatic rings. The van der Waals surface area contributed by atoms with E-state index in [9.17, 15) is 14.0 Å². The predicted octanol–water partition coefficient (Wildman–Crippen LogP) is 6.31. The fourth-order valence-electron chi connectivity index (χ4n) is 5.17. The molecule has 2 amide bonds. The minimum Gasteiger partial charge on any atom is -0.497 e. The van der Waals surface area contributed by atoms with Crippen LogP contribution in [0.4, 0.5) is 14.6 Å². The van der Waals surface area contributed by atoms with Crippen molar-refractivity contribution in [2.75, 3.05) is 24.3 Å². The summed E-state index contributed by atoms with van der Waals surface area (Å²) in [6.45, 7) is -0.138. The average molecular weight is 611 g/mol. The van der Waals surface area contributed by atoms with Gasteiger partial charge >= 0.3 is 0 Å². The van der Waals surface area contributed by atoms with Crippen LogP contribution < -0.4 is 15.0 Å². The van der Waals surface area contributed by atoms with E-state index in [0.717, 1.165) is 5.56 Å². The number of benzene rings is 4. The molecule has 2 heterocycles. The van der Waals surface area contributed by atoms with Crippen LogP contribution in [0.15, 0.2) is 103 Å². The molecular weight excluding hydrogens is 582 g/mol. The fraction of sp³-hybridized carbons (Fsp3) is 0.147. The van der Waals surface area contributed by atoms with Gasteiger partial charge in [-0.1, -0.05) is 60.7 Å². The molecule has 6 rings (SSSR count). The molecule has 7 nitrogen and oxygen atoms in total. The van der Waals surface area contributed by atoms with E-state index in [0.29, 0.717) is 39.6 Å². The molecule has 1 aliphatic rings. The molecule has 1 aromatic heterocycles. The van der Waals surface area contributed by atoms with E-state index in [1.54, 1.807) is 54.3 Å². The predicted molar refractivity (Wildman–Crippen MR) is 167 cm³/mol. The number of halogens is 2. The number of methoxy groups -OCH3 is 1. The molecule has 1 atom stereocenters. The second-order valence-electron chi connectivity index (χ2n) is 10.2. The molecule has 0 spiro atoms. The maximum Gasteiger partial charge on any atom is 0.240 e. The SMILES string of the molecule is COc1ccc(-n2nc(-c3ccccc3)c3c2N(CC(=O)NCc2ccc(F)cc2)C(=O)CS[C@@H]3c2ccccc2F)cc1. The van der Waals surface area contributed by atoms with E-state index in [-0.39, 0.29) is 30.6 Å². The van der Waals surface area contributed by atoms with Crippen LogP contribution in [-0.4, -0.2) is 41.0 Å². The summed E-state index contributed by atoms with van der Waals surface area (Å²) in [5.41, 5.74) is 3.75. The summed E-state index contributed by atoms with van der Waals surface area (Å²) >= 11 is 1.30. The van der Waals surface area contributed by atoms with Crippen molar-refractivity contribution < 1.29 is 23.1 Å². The number of nitrogens with zero attached hydrogens (tertiary/aromatic N) is 3. The molecule has 222 valence electrons. The summed E-state index contributed by atoms with van der Waals surface area (Å²) in [5, 5.41) is 7.25. The lowest BCUT2D eigenvalue weighted by Crippen LogP contribution is -2.42. The summed E-state index contributed by atoms with van der Waals surface area (Å²) in [7, 11) is 1.57. The van der Waals surface area contributed by atoms with Gasteiger partial charge in [-0.25, -0.2) is 13.5 Å². The van der Waals surface area contributed by atoms with Crippen LogP contribution in [0.5, 0.6) is 5.75 Å². The largest absolute Gasteiger partial charge is 0.497 e. The minimum absolute atomic E-state index is 0.00969. The Hall–Kier alpha value is -4.96. The first-order chi connectivity index (χ1) is 21.4. The Bertz CT molecular complexity index is 1790. The summed E-state index contributed by atoms with van der Waals surface area (Å²) in [6.07, 6.45) is 0. The number of ether oxygens (including phenoxy) is 1. The second kappa shape index (κ2) is 12.7. The van der Waals surface area contributed by atoms with Crippen molar-refractivity contribution in [3.05, 3.63) is 131 Å². The topological polar surface area (TPSA) is 76.5 Å². The fourth-order valence-corrected chi connectivity index (χ4v) is 6.39. The van der Waals surface area contributed by atoms with E-state index in [1.807, 2.05) is 42.5 Å². The highest BCUT2D eigenvalue weighted by molar-refractivity contribution is 8.00. The summed E-state index contributed by atoms with van der Waals surface area (Å²) in [4.78, 5) is 28.6. The van der Waals surface area contributed by atoms with Crippen molar-refractivity contribution >= 4 is 29.4 Å². The first kappa shape index (κ1) is 29.1. The zero-order chi connectivity index (χ0) is 30.6. The number of amides is 2. The lowest BCUT2D eigenvalue weighted by molar-refractivity contribution is -0.123. The lowest BCUT2D eigenvalue weighted by Gasteiger charge is -2.23. The van der Waals surface area contributed by atoms with Gasteiger partial charge < -0.3 is 10.1 Å². The molecule has 4 aromatic carbocycles. The van der Waals surface area contributed by atoms with Crippen LogP contribution in [-0.2, 0) is 16.1 Å².